The Labute approximate surface area is 114 Å². The highest BCUT2D eigenvalue weighted by Gasteiger charge is 2.14. The molecule has 6 nitrogen and oxygen atoms in total. The highest BCUT2D eigenvalue weighted by atomic mass is 32.1. The number of anilines is 1. The predicted octanol–water partition coefficient (Wildman–Crippen LogP) is 1.92. The molecule has 0 atom stereocenters. The summed E-state index contributed by atoms with van der Waals surface area (Å²) < 4.78 is 9.31. The van der Waals surface area contributed by atoms with E-state index in [0.717, 1.165) is 0 Å². The quantitative estimate of drug-likeness (QED) is 0.503. The number of hydrogen-bond donors (Lipinski definition) is 1. The van der Waals surface area contributed by atoms with E-state index in [4.69, 9.17) is 10.00 Å². The summed E-state index contributed by atoms with van der Waals surface area (Å²) in [5, 5.41) is 13.7. The Morgan fingerprint density at radius 2 is 2.32 bits per heavy atom. The molecular weight excluding hydrogens is 268 g/mol. The normalized spacial score (nSPS) is 10.5. The molecule has 0 saturated carbocycles. The van der Waals surface area contributed by atoms with Gasteiger partial charge in [0.05, 0.1) is 19.3 Å². The first-order chi connectivity index (χ1) is 9.13. The van der Waals surface area contributed by atoms with E-state index in [1.165, 1.54) is 24.6 Å². The van der Waals surface area contributed by atoms with Crippen molar-refractivity contribution in [3.63, 3.8) is 0 Å². The van der Waals surface area contributed by atoms with E-state index < -0.39 is 11.9 Å². The maximum Gasteiger partial charge on any atom is 0.350 e. The van der Waals surface area contributed by atoms with Crippen molar-refractivity contribution in [3.05, 3.63) is 28.8 Å². The lowest BCUT2D eigenvalue weighted by atomic mass is 10.3. The van der Waals surface area contributed by atoms with Gasteiger partial charge in [-0.1, -0.05) is 0 Å². The number of nitrogens with zero attached hydrogens (tertiary/aromatic N) is 1. The van der Waals surface area contributed by atoms with Gasteiger partial charge in [0.25, 0.3) is 0 Å². The number of ether oxygens (including phenoxy) is 2. The molecule has 1 aromatic heterocycles. The molecule has 0 radical (unpaired) electrons. The van der Waals surface area contributed by atoms with Crippen LogP contribution in [-0.4, -0.2) is 25.7 Å². The Balaban J connectivity index is 2.85. The van der Waals surface area contributed by atoms with Crippen molar-refractivity contribution in [2.45, 2.75) is 6.92 Å². The van der Waals surface area contributed by atoms with E-state index in [2.05, 4.69) is 10.1 Å². The molecule has 0 unspecified atom stereocenters. The van der Waals surface area contributed by atoms with Gasteiger partial charge in [-0.15, -0.1) is 11.3 Å². The minimum Gasteiger partial charge on any atom is -0.465 e. The van der Waals surface area contributed by atoms with Gasteiger partial charge in [-0.2, -0.15) is 5.26 Å². The molecule has 0 spiro atoms. The van der Waals surface area contributed by atoms with Gasteiger partial charge in [0.15, 0.2) is 5.57 Å². The van der Waals surface area contributed by atoms with E-state index in [9.17, 15) is 9.59 Å². The second-order valence-electron chi connectivity index (χ2n) is 3.19. The molecule has 0 aromatic carbocycles. The summed E-state index contributed by atoms with van der Waals surface area (Å²) in [5.74, 6) is -1.21. The number of carbonyl (C=O) groups is 2. The van der Waals surface area contributed by atoms with E-state index in [-0.39, 0.29) is 12.2 Å². The fourth-order valence-electron chi connectivity index (χ4n) is 1.18. The molecule has 1 N–H and O–H groups in total. The van der Waals surface area contributed by atoms with Crippen LogP contribution in [0.15, 0.2) is 23.2 Å². The zero-order valence-corrected chi connectivity index (χ0v) is 11.2. The Hall–Kier alpha value is -2.33. The number of hydrogen-bond acceptors (Lipinski definition) is 7. The summed E-state index contributed by atoms with van der Waals surface area (Å²) in [4.78, 5) is 22.8. The fraction of sp³-hybridized carbons (Fsp3) is 0.250. The van der Waals surface area contributed by atoms with Gasteiger partial charge in [0.2, 0.25) is 0 Å². The van der Waals surface area contributed by atoms with Crippen LogP contribution in [-0.2, 0) is 14.3 Å². The first kappa shape index (κ1) is 14.7. The summed E-state index contributed by atoms with van der Waals surface area (Å²) >= 11 is 1.25. The molecular formula is C12H12N2O4S. The predicted molar refractivity (Wildman–Crippen MR) is 69.6 cm³/mol. The van der Waals surface area contributed by atoms with Gasteiger partial charge in [0.1, 0.15) is 11.1 Å². The van der Waals surface area contributed by atoms with Crippen LogP contribution in [0.1, 0.15) is 17.3 Å². The average Bonchev–Trinajstić information content (AvgIpc) is 2.87. The third-order valence-electron chi connectivity index (χ3n) is 2.03. The smallest absolute Gasteiger partial charge is 0.350 e. The first-order valence-electron chi connectivity index (χ1n) is 5.33. The molecule has 100 valence electrons. The summed E-state index contributed by atoms with van der Waals surface area (Å²) in [6, 6.07) is 3.31. The topological polar surface area (TPSA) is 88.4 Å². The number of methoxy groups -OCH3 is 1. The van der Waals surface area contributed by atoms with E-state index in [1.807, 2.05) is 0 Å². The lowest BCUT2D eigenvalue weighted by Gasteiger charge is -2.03. The molecule has 0 amide bonds. The largest absolute Gasteiger partial charge is 0.465 e. The van der Waals surface area contributed by atoms with Crippen molar-refractivity contribution in [2.24, 2.45) is 0 Å². The van der Waals surface area contributed by atoms with Crippen LogP contribution in [0.4, 0.5) is 5.00 Å². The van der Waals surface area contributed by atoms with Gasteiger partial charge in [0, 0.05) is 6.20 Å². The average molecular weight is 280 g/mol. The molecule has 0 aliphatic carbocycles. The third-order valence-corrected chi connectivity index (χ3v) is 2.88. The van der Waals surface area contributed by atoms with Crippen molar-refractivity contribution >= 4 is 28.3 Å². The molecule has 1 aromatic rings. The Kier molecular flexibility index (Phi) is 5.57. The number of carbonyl (C=O) groups excluding carboxylic acids is 2. The van der Waals surface area contributed by atoms with Crippen LogP contribution in [0.3, 0.4) is 0 Å². The highest BCUT2D eigenvalue weighted by molar-refractivity contribution is 7.14. The summed E-state index contributed by atoms with van der Waals surface area (Å²) in [5.41, 5.74) is 0.163. The van der Waals surface area contributed by atoms with Gasteiger partial charge in [-0.05, 0) is 18.4 Å². The van der Waals surface area contributed by atoms with Crippen LogP contribution in [0.2, 0.25) is 0 Å². The maximum atomic E-state index is 11.4. The molecule has 0 saturated heterocycles. The SMILES string of the molecule is CCOC(=O)/C(C#N)=C\Nc1sccc1C(=O)OC. The van der Waals surface area contributed by atoms with E-state index >= 15 is 0 Å². The minimum absolute atomic E-state index is 0.175. The standard InChI is InChI=1S/C12H12N2O4S/c1-3-18-11(15)8(6-13)7-14-10-9(4-5-19-10)12(16)17-2/h4-5,7,14H,3H2,1-2H3/b8-7-. The molecule has 0 aliphatic rings. The lowest BCUT2D eigenvalue weighted by molar-refractivity contribution is -0.138. The zero-order chi connectivity index (χ0) is 14.3. The van der Waals surface area contributed by atoms with Crippen LogP contribution in [0.5, 0.6) is 0 Å². The fourth-order valence-corrected chi connectivity index (χ4v) is 1.92. The Bertz CT molecular complexity index is 542. The number of nitrogens with one attached hydrogen (secondary N) is 1. The van der Waals surface area contributed by atoms with Gasteiger partial charge in [-0.3, -0.25) is 0 Å². The Morgan fingerprint density at radius 1 is 1.58 bits per heavy atom. The molecule has 0 aliphatic heterocycles. The lowest BCUT2D eigenvalue weighted by Crippen LogP contribution is -2.08. The van der Waals surface area contributed by atoms with Crippen molar-refractivity contribution < 1.29 is 19.1 Å². The van der Waals surface area contributed by atoms with Crippen molar-refractivity contribution in [2.75, 3.05) is 19.0 Å². The minimum atomic E-state index is -0.714. The summed E-state index contributed by atoms with van der Waals surface area (Å²) in [6.07, 6.45) is 1.20. The zero-order valence-electron chi connectivity index (χ0n) is 10.4. The van der Waals surface area contributed by atoms with Gasteiger partial charge < -0.3 is 14.8 Å². The molecule has 1 heterocycles. The maximum absolute atomic E-state index is 11.4. The molecule has 0 fully saturated rings. The van der Waals surface area contributed by atoms with Crippen LogP contribution in [0, 0.1) is 11.3 Å². The Morgan fingerprint density at radius 3 is 2.89 bits per heavy atom. The summed E-state index contributed by atoms with van der Waals surface area (Å²) in [6.45, 7) is 1.83. The third kappa shape index (κ3) is 3.82. The van der Waals surface area contributed by atoms with Gasteiger partial charge >= 0.3 is 11.9 Å². The monoisotopic (exact) mass is 280 g/mol. The highest BCUT2D eigenvalue weighted by Crippen LogP contribution is 2.24. The van der Waals surface area contributed by atoms with Crippen molar-refractivity contribution in [1.29, 1.82) is 5.26 Å². The molecule has 0 bridgehead atoms. The first-order valence-corrected chi connectivity index (χ1v) is 6.21. The van der Waals surface area contributed by atoms with Crippen LogP contribution >= 0.6 is 11.3 Å². The van der Waals surface area contributed by atoms with Crippen LogP contribution < -0.4 is 5.32 Å². The molecule has 19 heavy (non-hydrogen) atoms. The number of esters is 2. The molecule has 7 heteroatoms. The summed E-state index contributed by atoms with van der Waals surface area (Å²) in [7, 11) is 1.28. The number of thiophene rings is 1. The van der Waals surface area contributed by atoms with E-state index in [0.29, 0.717) is 10.6 Å². The van der Waals surface area contributed by atoms with Gasteiger partial charge in [-0.25, -0.2) is 9.59 Å². The second kappa shape index (κ2) is 7.18. The van der Waals surface area contributed by atoms with Crippen molar-refractivity contribution in [3.8, 4) is 6.07 Å². The number of nitriles is 1. The second-order valence-corrected chi connectivity index (χ2v) is 4.11. The number of rotatable bonds is 5. The van der Waals surface area contributed by atoms with Crippen molar-refractivity contribution in [1.82, 2.24) is 0 Å². The molecule has 1 rings (SSSR count). The van der Waals surface area contributed by atoms with E-state index in [1.54, 1.807) is 24.4 Å². The van der Waals surface area contributed by atoms with Crippen LogP contribution in [0.25, 0.3) is 0 Å².